The highest BCUT2D eigenvalue weighted by Gasteiger charge is 2.34. The predicted molar refractivity (Wildman–Crippen MR) is 103 cm³/mol. The van der Waals surface area contributed by atoms with Crippen LogP contribution in [0.3, 0.4) is 0 Å². The summed E-state index contributed by atoms with van der Waals surface area (Å²) in [4.78, 5) is 39.6. The average Bonchev–Trinajstić information content (AvgIpc) is 3.20. The molecule has 2 rings (SSSR count). The SMILES string of the molecule is CCC(=O)N1CCC([C@@H](NC(=O)c2cccs2)C(=O)N[C@@H](C)CC)CC1. The predicted octanol–water partition coefficient (Wildman–Crippen LogP) is 2.41. The minimum absolute atomic E-state index is 0.0314. The monoisotopic (exact) mass is 379 g/mol. The van der Waals surface area contributed by atoms with E-state index in [-0.39, 0.29) is 29.7 Å². The number of carbonyl (C=O) groups excluding carboxylic acids is 3. The highest BCUT2D eigenvalue weighted by atomic mass is 32.1. The molecule has 1 aliphatic heterocycles. The highest BCUT2D eigenvalue weighted by Crippen LogP contribution is 2.22. The standard InChI is InChI=1S/C19H29N3O3S/c1-4-13(3)20-19(25)17(21-18(24)15-7-6-12-26-15)14-8-10-22(11-9-14)16(23)5-2/h6-7,12-14,17H,4-5,8-11H2,1-3H3,(H,20,25)(H,21,24)/t13-,17+/m0/s1. The van der Waals surface area contributed by atoms with Crippen molar-refractivity contribution in [1.29, 1.82) is 0 Å². The van der Waals surface area contributed by atoms with Gasteiger partial charge in [0.05, 0.1) is 4.88 Å². The topological polar surface area (TPSA) is 78.5 Å². The summed E-state index contributed by atoms with van der Waals surface area (Å²) < 4.78 is 0. The van der Waals surface area contributed by atoms with Gasteiger partial charge in [0.1, 0.15) is 6.04 Å². The minimum Gasteiger partial charge on any atom is -0.352 e. The van der Waals surface area contributed by atoms with Crippen molar-refractivity contribution < 1.29 is 14.4 Å². The fourth-order valence-electron chi connectivity index (χ4n) is 3.16. The van der Waals surface area contributed by atoms with Crippen molar-refractivity contribution in [2.45, 2.75) is 58.5 Å². The lowest BCUT2D eigenvalue weighted by molar-refractivity contribution is -0.132. The van der Waals surface area contributed by atoms with Gasteiger partial charge in [0.2, 0.25) is 11.8 Å². The lowest BCUT2D eigenvalue weighted by Gasteiger charge is -2.36. The van der Waals surface area contributed by atoms with Gasteiger partial charge in [-0.1, -0.05) is 19.9 Å². The molecule has 0 aliphatic carbocycles. The number of hydrogen-bond acceptors (Lipinski definition) is 4. The molecule has 1 fully saturated rings. The van der Waals surface area contributed by atoms with E-state index in [1.54, 1.807) is 6.07 Å². The molecule has 0 bridgehead atoms. The minimum atomic E-state index is -0.572. The first-order valence-corrected chi connectivity index (χ1v) is 10.3. The van der Waals surface area contributed by atoms with Crippen LogP contribution in [0.2, 0.25) is 0 Å². The third-order valence-electron chi connectivity index (χ3n) is 4.98. The Morgan fingerprint density at radius 1 is 1.23 bits per heavy atom. The zero-order valence-corrected chi connectivity index (χ0v) is 16.6. The number of amides is 3. The molecule has 2 N–H and O–H groups in total. The van der Waals surface area contributed by atoms with E-state index in [1.165, 1.54) is 11.3 Å². The molecule has 0 radical (unpaired) electrons. The van der Waals surface area contributed by atoms with Gasteiger partial charge in [-0.25, -0.2) is 0 Å². The smallest absolute Gasteiger partial charge is 0.262 e. The fraction of sp³-hybridized carbons (Fsp3) is 0.632. The first-order chi connectivity index (χ1) is 12.5. The van der Waals surface area contributed by atoms with Crippen molar-refractivity contribution in [1.82, 2.24) is 15.5 Å². The summed E-state index contributed by atoms with van der Waals surface area (Å²) in [5.41, 5.74) is 0. The van der Waals surface area contributed by atoms with E-state index in [0.29, 0.717) is 24.4 Å². The van der Waals surface area contributed by atoms with Crippen LogP contribution in [-0.4, -0.2) is 47.8 Å². The van der Waals surface area contributed by atoms with Crippen molar-refractivity contribution in [3.63, 3.8) is 0 Å². The summed E-state index contributed by atoms with van der Waals surface area (Å²) in [5.74, 6) is -0.170. The van der Waals surface area contributed by atoms with Gasteiger partial charge >= 0.3 is 0 Å². The molecule has 1 aromatic rings. The molecule has 0 saturated carbocycles. The van der Waals surface area contributed by atoms with Gasteiger partial charge in [-0.3, -0.25) is 14.4 Å². The molecule has 2 heterocycles. The number of hydrogen-bond donors (Lipinski definition) is 2. The van der Waals surface area contributed by atoms with Gasteiger partial charge in [0.15, 0.2) is 0 Å². The molecule has 1 saturated heterocycles. The second-order valence-electron chi connectivity index (χ2n) is 6.82. The van der Waals surface area contributed by atoms with E-state index in [9.17, 15) is 14.4 Å². The van der Waals surface area contributed by atoms with E-state index < -0.39 is 6.04 Å². The largest absolute Gasteiger partial charge is 0.352 e. The molecule has 0 aromatic carbocycles. The van der Waals surface area contributed by atoms with Crippen LogP contribution in [0.1, 0.15) is 56.1 Å². The van der Waals surface area contributed by atoms with Crippen molar-refractivity contribution >= 4 is 29.1 Å². The molecule has 0 unspecified atom stereocenters. The molecular formula is C19H29N3O3S. The Labute approximate surface area is 159 Å². The third-order valence-corrected chi connectivity index (χ3v) is 5.85. The molecule has 6 nitrogen and oxygen atoms in total. The van der Waals surface area contributed by atoms with Crippen LogP contribution < -0.4 is 10.6 Å². The van der Waals surface area contributed by atoms with Gasteiger partial charge in [-0.2, -0.15) is 0 Å². The van der Waals surface area contributed by atoms with E-state index in [1.807, 2.05) is 37.1 Å². The van der Waals surface area contributed by atoms with Gasteiger partial charge in [0, 0.05) is 25.6 Å². The summed E-state index contributed by atoms with van der Waals surface area (Å²) in [6.07, 6.45) is 2.77. The summed E-state index contributed by atoms with van der Waals surface area (Å²) in [6.45, 7) is 7.11. The third kappa shape index (κ3) is 5.30. The Kier molecular flexibility index (Phi) is 7.63. The van der Waals surface area contributed by atoms with E-state index in [2.05, 4.69) is 10.6 Å². The van der Waals surface area contributed by atoms with Gasteiger partial charge in [-0.05, 0) is 43.6 Å². The van der Waals surface area contributed by atoms with Crippen LogP contribution >= 0.6 is 11.3 Å². The van der Waals surface area contributed by atoms with Gasteiger partial charge in [-0.15, -0.1) is 11.3 Å². The van der Waals surface area contributed by atoms with Crippen molar-refractivity contribution in [2.24, 2.45) is 5.92 Å². The number of nitrogens with zero attached hydrogens (tertiary/aromatic N) is 1. The molecule has 3 amide bonds. The van der Waals surface area contributed by atoms with Crippen LogP contribution in [0.5, 0.6) is 0 Å². The Morgan fingerprint density at radius 3 is 2.46 bits per heavy atom. The number of rotatable bonds is 7. The zero-order chi connectivity index (χ0) is 19.1. The van der Waals surface area contributed by atoms with E-state index >= 15 is 0 Å². The molecule has 1 aliphatic rings. The van der Waals surface area contributed by atoms with Crippen molar-refractivity contribution in [3.8, 4) is 0 Å². The Morgan fingerprint density at radius 2 is 1.92 bits per heavy atom. The number of piperidine rings is 1. The lowest BCUT2D eigenvalue weighted by Crippen LogP contribution is -2.55. The molecular weight excluding hydrogens is 350 g/mol. The van der Waals surface area contributed by atoms with Gasteiger partial charge in [0.25, 0.3) is 5.91 Å². The van der Waals surface area contributed by atoms with Crippen LogP contribution in [0.15, 0.2) is 17.5 Å². The second-order valence-corrected chi connectivity index (χ2v) is 7.77. The van der Waals surface area contributed by atoms with E-state index in [0.717, 1.165) is 19.3 Å². The quantitative estimate of drug-likeness (QED) is 0.764. The van der Waals surface area contributed by atoms with Crippen LogP contribution in [0.4, 0.5) is 0 Å². The van der Waals surface area contributed by atoms with Crippen LogP contribution in [0.25, 0.3) is 0 Å². The summed E-state index contributed by atoms with van der Waals surface area (Å²) in [6, 6.07) is 3.07. The maximum absolute atomic E-state index is 12.8. The molecule has 144 valence electrons. The normalized spacial score (nSPS) is 17.4. The summed E-state index contributed by atoms with van der Waals surface area (Å²) in [5, 5.41) is 7.77. The Hall–Kier alpha value is -1.89. The Bertz CT molecular complexity index is 610. The van der Waals surface area contributed by atoms with Crippen molar-refractivity contribution in [3.05, 3.63) is 22.4 Å². The van der Waals surface area contributed by atoms with Crippen LogP contribution in [0, 0.1) is 5.92 Å². The lowest BCUT2D eigenvalue weighted by atomic mass is 9.88. The van der Waals surface area contributed by atoms with Crippen molar-refractivity contribution in [2.75, 3.05) is 13.1 Å². The number of thiophene rings is 1. The van der Waals surface area contributed by atoms with Gasteiger partial charge < -0.3 is 15.5 Å². The average molecular weight is 380 g/mol. The van der Waals surface area contributed by atoms with Crippen LogP contribution in [-0.2, 0) is 9.59 Å². The molecule has 1 aromatic heterocycles. The first kappa shape index (κ1) is 20.4. The maximum Gasteiger partial charge on any atom is 0.262 e. The fourth-order valence-corrected chi connectivity index (χ4v) is 3.78. The number of carbonyl (C=O) groups is 3. The number of nitrogens with one attached hydrogen (secondary N) is 2. The van der Waals surface area contributed by atoms with E-state index in [4.69, 9.17) is 0 Å². The first-order valence-electron chi connectivity index (χ1n) is 9.38. The number of likely N-dealkylation sites (tertiary alicyclic amines) is 1. The Balaban J connectivity index is 2.06. The summed E-state index contributed by atoms with van der Waals surface area (Å²) >= 11 is 1.36. The molecule has 2 atom stereocenters. The second kappa shape index (κ2) is 9.71. The molecule has 0 spiro atoms. The zero-order valence-electron chi connectivity index (χ0n) is 15.8. The summed E-state index contributed by atoms with van der Waals surface area (Å²) in [7, 11) is 0. The highest BCUT2D eigenvalue weighted by molar-refractivity contribution is 7.12. The maximum atomic E-state index is 12.8. The molecule has 7 heteroatoms. The molecule has 26 heavy (non-hydrogen) atoms.